The number of fused-ring (bicyclic) bond motifs is 4. The van der Waals surface area contributed by atoms with Crippen molar-refractivity contribution in [2.24, 2.45) is 0 Å². The van der Waals surface area contributed by atoms with E-state index in [4.69, 9.17) is 16.3 Å². The van der Waals surface area contributed by atoms with Gasteiger partial charge in [0.15, 0.2) is 17.5 Å². The molecule has 0 bridgehead atoms. The quantitative estimate of drug-likeness (QED) is 0.174. The van der Waals surface area contributed by atoms with E-state index in [0.717, 1.165) is 44.2 Å². The SMILES string of the molecule is [2H]c1c([2H])c(-c2nc(-c3ccccc3)nc(-c3cccc(-c4cccc5c4sc4ccccc45)c3)n2)c([2H])c(-c2cc(-c3ccccc3)cc3ccccc23)c1[2H]. The van der Waals surface area contributed by atoms with Gasteiger partial charge in [-0.2, -0.15) is 0 Å². The number of nitrogens with zero attached hydrogens (tertiary/aromatic N) is 3. The molecule has 0 atom stereocenters. The molecule has 0 amide bonds. The molecular formula is C49H31N3S. The second-order valence-electron chi connectivity index (χ2n) is 12.9. The highest BCUT2D eigenvalue weighted by Crippen LogP contribution is 2.41. The van der Waals surface area contributed by atoms with Crippen LogP contribution in [-0.2, 0) is 0 Å². The zero-order valence-corrected chi connectivity index (χ0v) is 29.2. The molecule has 0 unspecified atom stereocenters. The number of hydrogen-bond donors (Lipinski definition) is 0. The third-order valence-electron chi connectivity index (χ3n) is 9.59. The van der Waals surface area contributed by atoms with Crippen molar-refractivity contribution < 1.29 is 5.48 Å². The zero-order valence-electron chi connectivity index (χ0n) is 32.3. The third-order valence-corrected chi connectivity index (χ3v) is 10.8. The van der Waals surface area contributed by atoms with Crippen molar-refractivity contribution in [3.63, 3.8) is 0 Å². The van der Waals surface area contributed by atoms with Crippen LogP contribution in [0, 0.1) is 0 Å². The monoisotopic (exact) mass is 697 g/mol. The number of aromatic nitrogens is 3. The van der Waals surface area contributed by atoms with Crippen molar-refractivity contribution in [3.8, 4) is 67.5 Å². The van der Waals surface area contributed by atoms with E-state index in [1.807, 2.05) is 103 Å². The fraction of sp³-hybridized carbons (Fsp3) is 0. The van der Waals surface area contributed by atoms with Crippen molar-refractivity contribution in [2.45, 2.75) is 0 Å². The molecule has 2 heterocycles. The molecular weight excluding hydrogens is 663 g/mol. The predicted molar refractivity (Wildman–Crippen MR) is 223 cm³/mol. The van der Waals surface area contributed by atoms with Crippen LogP contribution in [0.3, 0.4) is 0 Å². The van der Waals surface area contributed by atoms with Crippen LogP contribution in [-0.4, -0.2) is 15.0 Å². The first-order chi connectivity index (χ1) is 27.9. The summed E-state index contributed by atoms with van der Waals surface area (Å²) in [7, 11) is 0. The fourth-order valence-electron chi connectivity index (χ4n) is 7.04. The van der Waals surface area contributed by atoms with Gasteiger partial charge >= 0.3 is 0 Å². The van der Waals surface area contributed by atoms with Gasteiger partial charge in [0.2, 0.25) is 0 Å². The number of thiophene rings is 1. The first-order valence-corrected chi connectivity index (χ1v) is 18.3. The van der Waals surface area contributed by atoms with Gasteiger partial charge in [-0.1, -0.05) is 158 Å². The lowest BCUT2D eigenvalue weighted by Crippen LogP contribution is -2.00. The highest BCUT2D eigenvalue weighted by molar-refractivity contribution is 7.26. The molecule has 0 fully saturated rings. The Morgan fingerprint density at radius 3 is 1.83 bits per heavy atom. The van der Waals surface area contributed by atoms with Gasteiger partial charge in [0.05, 0.1) is 5.48 Å². The van der Waals surface area contributed by atoms with Crippen LogP contribution < -0.4 is 0 Å². The molecule has 248 valence electrons. The summed E-state index contributed by atoms with van der Waals surface area (Å²) in [6.45, 7) is 0. The minimum atomic E-state index is -0.299. The summed E-state index contributed by atoms with van der Waals surface area (Å²) < 4.78 is 39.7. The average molecular weight is 698 g/mol. The van der Waals surface area contributed by atoms with Gasteiger partial charge in [0, 0.05) is 36.9 Å². The Morgan fingerprint density at radius 2 is 1.00 bits per heavy atom. The van der Waals surface area contributed by atoms with Crippen molar-refractivity contribution in [2.75, 3.05) is 0 Å². The largest absolute Gasteiger partial charge is 0.208 e. The molecule has 0 radical (unpaired) electrons. The molecule has 3 nitrogen and oxygen atoms in total. The summed E-state index contributed by atoms with van der Waals surface area (Å²) in [4.78, 5) is 14.8. The van der Waals surface area contributed by atoms with E-state index in [9.17, 15) is 4.11 Å². The summed E-state index contributed by atoms with van der Waals surface area (Å²) >= 11 is 1.77. The van der Waals surface area contributed by atoms with E-state index >= 15 is 0 Å². The summed E-state index contributed by atoms with van der Waals surface area (Å²) in [5.74, 6) is 0.859. The van der Waals surface area contributed by atoms with Crippen LogP contribution in [0.2, 0.25) is 0 Å². The molecule has 0 aliphatic carbocycles. The van der Waals surface area contributed by atoms with Crippen molar-refractivity contribution in [3.05, 3.63) is 188 Å². The van der Waals surface area contributed by atoms with Gasteiger partial charge in [-0.05, 0) is 74.5 Å². The van der Waals surface area contributed by atoms with Crippen molar-refractivity contribution >= 4 is 42.3 Å². The van der Waals surface area contributed by atoms with E-state index < -0.39 is 0 Å². The molecule has 2 aromatic heterocycles. The summed E-state index contributed by atoms with van der Waals surface area (Å²) in [6, 6.07) is 53.7. The van der Waals surface area contributed by atoms with Crippen LogP contribution in [0.1, 0.15) is 5.48 Å². The molecule has 0 aliphatic rings. The maximum Gasteiger partial charge on any atom is 0.164 e. The van der Waals surface area contributed by atoms with Crippen molar-refractivity contribution in [1.29, 1.82) is 0 Å². The van der Waals surface area contributed by atoms with E-state index in [1.165, 1.54) is 20.2 Å². The second kappa shape index (κ2) is 13.1. The second-order valence-corrected chi connectivity index (χ2v) is 13.9. The molecule has 53 heavy (non-hydrogen) atoms. The summed E-state index contributed by atoms with van der Waals surface area (Å²) in [6.07, 6.45) is 0. The number of rotatable bonds is 6. The molecule has 0 aliphatic heterocycles. The van der Waals surface area contributed by atoms with Crippen LogP contribution in [0.4, 0.5) is 0 Å². The highest BCUT2D eigenvalue weighted by atomic mass is 32.1. The standard InChI is InChI=1S/C49H31N3S/c1-3-14-32(15-4-1)39-30-34-18-7-8-23-40(34)44(31-39)36-20-12-22-38(29-36)49-51-47(33-16-5-2-6-17-33)50-48(52-49)37-21-11-19-35(28-37)41-25-13-26-43-42-24-9-10-27-45(42)53-46(41)43/h1-31H/i12D,20D,22D,29D. The molecule has 0 saturated heterocycles. The summed E-state index contributed by atoms with van der Waals surface area (Å²) in [5.41, 5.74) is 6.49. The van der Waals surface area contributed by atoms with E-state index in [2.05, 4.69) is 60.7 Å². The molecule has 0 N–H and O–H groups in total. The Morgan fingerprint density at radius 1 is 0.396 bits per heavy atom. The maximum atomic E-state index is 9.75. The predicted octanol–water partition coefficient (Wildman–Crippen LogP) is 13.4. The summed E-state index contributed by atoms with van der Waals surface area (Å²) in [5, 5.41) is 4.22. The molecule has 8 aromatic carbocycles. The molecule has 10 rings (SSSR count). The zero-order chi connectivity index (χ0) is 38.6. The average Bonchev–Trinajstić information content (AvgIpc) is 3.65. The molecule has 4 heteroatoms. The Balaban J connectivity index is 1.19. The van der Waals surface area contributed by atoms with Gasteiger partial charge in [0.1, 0.15) is 0 Å². The van der Waals surface area contributed by atoms with Crippen LogP contribution in [0.5, 0.6) is 0 Å². The van der Waals surface area contributed by atoms with Gasteiger partial charge in [0.25, 0.3) is 0 Å². The Labute approximate surface area is 317 Å². The number of hydrogen-bond acceptors (Lipinski definition) is 4. The van der Waals surface area contributed by atoms with Gasteiger partial charge < -0.3 is 0 Å². The first kappa shape index (κ1) is 27.0. The highest BCUT2D eigenvalue weighted by Gasteiger charge is 2.16. The van der Waals surface area contributed by atoms with Gasteiger partial charge in [-0.15, -0.1) is 11.3 Å². The van der Waals surface area contributed by atoms with E-state index in [-0.39, 0.29) is 41.1 Å². The van der Waals surface area contributed by atoms with Crippen molar-refractivity contribution in [1.82, 2.24) is 15.0 Å². The van der Waals surface area contributed by atoms with E-state index in [0.29, 0.717) is 17.2 Å². The molecule has 0 saturated carbocycles. The third kappa shape index (κ3) is 5.76. The minimum absolute atomic E-state index is 0.0761. The van der Waals surface area contributed by atoms with Crippen LogP contribution in [0.15, 0.2) is 188 Å². The van der Waals surface area contributed by atoms with Gasteiger partial charge in [-0.25, -0.2) is 15.0 Å². The van der Waals surface area contributed by atoms with Crippen LogP contribution in [0.25, 0.3) is 98.5 Å². The minimum Gasteiger partial charge on any atom is -0.208 e. The lowest BCUT2D eigenvalue weighted by Gasteiger charge is -2.13. The Kier molecular flexibility index (Phi) is 6.67. The maximum absolute atomic E-state index is 9.75. The smallest absolute Gasteiger partial charge is 0.164 e. The molecule has 0 spiro atoms. The lowest BCUT2D eigenvalue weighted by molar-refractivity contribution is 1.07. The Bertz CT molecular complexity index is 3180. The lowest BCUT2D eigenvalue weighted by atomic mass is 9.92. The normalized spacial score (nSPS) is 12.5. The van der Waals surface area contributed by atoms with Gasteiger partial charge in [-0.3, -0.25) is 0 Å². The Hall–Kier alpha value is -6.75. The fourth-order valence-corrected chi connectivity index (χ4v) is 8.28. The molecule has 10 aromatic rings. The van der Waals surface area contributed by atoms with E-state index in [1.54, 1.807) is 11.3 Å². The number of benzene rings is 8. The first-order valence-electron chi connectivity index (χ1n) is 19.4. The van der Waals surface area contributed by atoms with Crippen LogP contribution >= 0.6 is 11.3 Å². The topological polar surface area (TPSA) is 38.7 Å².